The lowest BCUT2D eigenvalue weighted by Gasteiger charge is -2.40. The van der Waals surface area contributed by atoms with Crippen LogP contribution in [0.25, 0.3) is 22.8 Å². The molecule has 1 amide bonds. The first-order valence-electron chi connectivity index (χ1n) is 8.14. The highest BCUT2D eigenvalue weighted by molar-refractivity contribution is 6.01. The quantitative estimate of drug-likeness (QED) is 0.691. The van der Waals surface area contributed by atoms with E-state index in [2.05, 4.69) is 6.92 Å². The number of carbonyl (C=O) groups is 1. The summed E-state index contributed by atoms with van der Waals surface area (Å²) < 4.78 is 1.93. The van der Waals surface area contributed by atoms with Crippen LogP contribution in [0.5, 0.6) is 0 Å². The second kappa shape index (κ2) is 4.54. The first-order chi connectivity index (χ1) is 11.7. The number of fused-ring (bicyclic) bond motifs is 6. The number of anilines is 1. The monoisotopic (exact) mass is 316 g/mol. The third-order valence-electron chi connectivity index (χ3n) is 5.02. The van der Waals surface area contributed by atoms with Crippen LogP contribution in [0.2, 0.25) is 0 Å². The Kier molecular flexibility index (Phi) is 2.55. The molecule has 118 valence electrons. The molecular formula is C19H16N4O. The largest absolute Gasteiger partial charge is 0.286 e. The average molecular weight is 316 g/mol. The van der Waals surface area contributed by atoms with Crippen LogP contribution < -0.4 is 4.90 Å². The van der Waals surface area contributed by atoms with Crippen LogP contribution in [0.3, 0.4) is 0 Å². The van der Waals surface area contributed by atoms with Crippen LogP contribution in [-0.4, -0.2) is 20.7 Å². The molecule has 5 rings (SSSR count). The van der Waals surface area contributed by atoms with Crippen molar-refractivity contribution in [2.24, 2.45) is 0 Å². The smallest absolute Gasteiger partial charge is 0.229 e. The number of para-hydroxylation sites is 1. The molecule has 2 aliphatic rings. The molecule has 24 heavy (non-hydrogen) atoms. The molecule has 0 aliphatic carbocycles. The molecule has 2 aromatic carbocycles. The summed E-state index contributed by atoms with van der Waals surface area (Å²) in [7, 11) is 0. The SMILES string of the molecule is C[C@@]12CCC(=O)N1c1ccccc1-c1nc(-c3ccccc3)nn12. The van der Waals surface area contributed by atoms with Gasteiger partial charge in [-0.1, -0.05) is 42.5 Å². The van der Waals surface area contributed by atoms with Crippen LogP contribution in [0.15, 0.2) is 54.6 Å². The predicted molar refractivity (Wildman–Crippen MR) is 91.3 cm³/mol. The van der Waals surface area contributed by atoms with E-state index in [0.29, 0.717) is 12.2 Å². The molecule has 0 N–H and O–H groups in total. The van der Waals surface area contributed by atoms with Gasteiger partial charge < -0.3 is 0 Å². The zero-order valence-electron chi connectivity index (χ0n) is 13.3. The Morgan fingerprint density at radius 2 is 1.79 bits per heavy atom. The Morgan fingerprint density at radius 1 is 1.04 bits per heavy atom. The minimum atomic E-state index is -0.485. The zero-order valence-corrected chi connectivity index (χ0v) is 13.3. The van der Waals surface area contributed by atoms with Crippen LogP contribution in [0.1, 0.15) is 19.8 Å². The Balaban J connectivity index is 1.80. The van der Waals surface area contributed by atoms with Crippen molar-refractivity contribution in [3.05, 3.63) is 54.6 Å². The van der Waals surface area contributed by atoms with Crippen LogP contribution in [-0.2, 0) is 10.5 Å². The molecule has 2 aliphatic heterocycles. The highest BCUT2D eigenvalue weighted by Gasteiger charge is 2.50. The number of amides is 1. The fraction of sp³-hybridized carbons (Fsp3) is 0.211. The predicted octanol–water partition coefficient (Wildman–Crippen LogP) is 3.43. The van der Waals surface area contributed by atoms with Gasteiger partial charge in [0.25, 0.3) is 0 Å². The van der Waals surface area contributed by atoms with Gasteiger partial charge >= 0.3 is 0 Å². The number of rotatable bonds is 1. The number of benzene rings is 2. The lowest BCUT2D eigenvalue weighted by molar-refractivity contribution is -0.117. The van der Waals surface area contributed by atoms with E-state index in [0.717, 1.165) is 29.1 Å². The van der Waals surface area contributed by atoms with Crippen LogP contribution in [0, 0.1) is 0 Å². The van der Waals surface area contributed by atoms with E-state index in [1.807, 2.05) is 64.2 Å². The third-order valence-corrected chi connectivity index (χ3v) is 5.02. The summed E-state index contributed by atoms with van der Waals surface area (Å²) >= 11 is 0. The normalized spacial score (nSPS) is 21.4. The molecule has 1 saturated heterocycles. The van der Waals surface area contributed by atoms with Gasteiger partial charge in [0.05, 0.1) is 5.69 Å². The van der Waals surface area contributed by atoms with Gasteiger partial charge in [-0.05, 0) is 19.1 Å². The van der Waals surface area contributed by atoms with Crippen molar-refractivity contribution in [3.8, 4) is 22.8 Å². The average Bonchev–Trinajstić information content (AvgIpc) is 3.19. The summed E-state index contributed by atoms with van der Waals surface area (Å²) in [6, 6.07) is 17.9. The molecule has 0 spiro atoms. The van der Waals surface area contributed by atoms with E-state index in [9.17, 15) is 4.79 Å². The number of hydrogen-bond donors (Lipinski definition) is 0. The van der Waals surface area contributed by atoms with E-state index in [-0.39, 0.29) is 5.91 Å². The maximum atomic E-state index is 12.5. The van der Waals surface area contributed by atoms with Crippen molar-refractivity contribution in [2.75, 3.05) is 4.90 Å². The van der Waals surface area contributed by atoms with Crippen molar-refractivity contribution >= 4 is 11.6 Å². The standard InChI is InChI=1S/C19H16N4O/c1-19-12-11-16(24)22(19)15-10-6-5-9-14(15)18-20-17(21-23(18)19)13-7-3-2-4-8-13/h2-10H,11-12H2,1H3/t19-/m1/s1. The first-order valence-corrected chi connectivity index (χ1v) is 8.14. The summed E-state index contributed by atoms with van der Waals surface area (Å²) in [4.78, 5) is 19.2. The van der Waals surface area contributed by atoms with Crippen molar-refractivity contribution in [2.45, 2.75) is 25.4 Å². The lowest BCUT2D eigenvalue weighted by atomic mass is 10.0. The molecule has 3 aromatic rings. The zero-order chi connectivity index (χ0) is 16.3. The molecular weight excluding hydrogens is 300 g/mol. The van der Waals surface area contributed by atoms with Gasteiger partial charge in [-0.25, -0.2) is 9.67 Å². The summed E-state index contributed by atoms with van der Waals surface area (Å²) in [6.45, 7) is 2.07. The summed E-state index contributed by atoms with van der Waals surface area (Å²) in [5.74, 6) is 1.67. The van der Waals surface area contributed by atoms with Gasteiger partial charge in [-0.15, -0.1) is 5.10 Å². The summed E-state index contributed by atoms with van der Waals surface area (Å²) in [5, 5.41) is 4.78. The molecule has 1 aromatic heterocycles. The number of nitrogens with zero attached hydrogens (tertiary/aromatic N) is 4. The van der Waals surface area contributed by atoms with Crippen LogP contribution in [0.4, 0.5) is 5.69 Å². The maximum absolute atomic E-state index is 12.5. The molecule has 0 radical (unpaired) electrons. The number of carbonyl (C=O) groups excluding carboxylic acids is 1. The van der Waals surface area contributed by atoms with E-state index < -0.39 is 5.66 Å². The lowest BCUT2D eigenvalue weighted by Crippen LogP contribution is -2.49. The Labute approximate surface area is 139 Å². The second-order valence-electron chi connectivity index (χ2n) is 6.50. The fourth-order valence-electron chi connectivity index (χ4n) is 3.82. The highest BCUT2D eigenvalue weighted by Crippen LogP contribution is 2.48. The fourth-order valence-corrected chi connectivity index (χ4v) is 3.82. The van der Waals surface area contributed by atoms with Crippen molar-refractivity contribution < 1.29 is 4.79 Å². The molecule has 1 fully saturated rings. The van der Waals surface area contributed by atoms with Gasteiger partial charge in [0.2, 0.25) is 5.91 Å². The molecule has 1 atom stereocenters. The van der Waals surface area contributed by atoms with Gasteiger partial charge in [-0.2, -0.15) is 0 Å². The van der Waals surface area contributed by atoms with Crippen LogP contribution >= 0.6 is 0 Å². The highest BCUT2D eigenvalue weighted by atomic mass is 16.2. The maximum Gasteiger partial charge on any atom is 0.229 e. The Hall–Kier alpha value is -2.95. The molecule has 0 saturated carbocycles. The minimum absolute atomic E-state index is 0.146. The van der Waals surface area contributed by atoms with Crippen molar-refractivity contribution in [1.82, 2.24) is 14.8 Å². The summed E-state index contributed by atoms with van der Waals surface area (Å²) in [6.07, 6.45) is 1.27. The van der Waals surface area contributed by atoms with Crippen molar-refractivity contribution in [3.63, 3.8) is 0 Å². The van der Waals surface area contributed by atoms with E-state index in [1.54, 1.807) is 0 Å². The van der Waals surface area contributed by atoms with Crippen molar-refractivity contribution in [1.29, 1.82) is 0 Å². The molecule has 0 bridgehead atoms. The molecule has 5 nitrogen and oxygen atoms in total. The van der Waals surface area contributed by atoms with Gasteiger partial charge in [0, 0.05) is 24.0 Å². The van der Waals surface area contributed by atoms with Gasteiger partial charge in [0.1, 0.15) is 5.66 Å². The summed E-state index contributed by atoms with van der Waals surface area (Å²) in [5.41, 5.74) is 2.39. The Morgan fingerprint density at radius 3 is 2.62 bits per heavy atom. The van der Waals surface area contributed by atoms with Gasteiger partial charge in [-0.3, -0.25) is 9.69 Å². The Bertz CT molecular complexity index is 963. The molecule has 0 unspecified atom stereocenters. The van der Waals surface area contributed by atoms with Gasteiger partial charge in [0.15, 0.2) is 11.6 Å². The second-order valence-corrected chi connectivity index (χ2v) is 6.50. The topological polar surface area (TPSA) is 51.0 Å². The molecule has 5 heteroatoms. The first kappa shape index (κ1) is 13.5. The third kappa shape index (κ3) is 1.61. The van der Waals surface area contributed by atoms with E-state index in [4.69, 9.17) is 10.1 Å². The molecule has 3 heterocycles. The minimum Gasteiger partial charge on any atom is -0.286 e. The van der Waals surface area contributed by atoms with E-state index in [1.165, 1.54) is 0 Å². The number of aromatic nitrogens is 3. The number of hydrogen-bond acceptors (Lipinski definition) is 3. The van der Waals surface area contributed by atoms with E-state index >= 15 is 0 Å².